The Morgan fingerprint density at radius 2 is 1.92 bits per heavy atom. The highest BCUT2D eigenvalue weighted by atomic mass is 16.3. The molecule has 25 heavy (non-hydrogen) atoms. The molecule has 0 aliphatic rings. The molecule has 7 heteroatoms. The smallest absolute Gasteiger partial charge is 0.265 e. The van der Waals surface area contributed by atoms with Gasteiger partial charge in [0.2, 0.25) is 0 Å². The van der Waals surface area contributed by atoms with Crippen molar-refractivity contribution in [1.29, 1.82) is 0 Å². The van der Waals surface area contributed by atoms with Crippen LogP contribution >= 0.6 is 0 Å². The molecule has 124 valence electrons. The standard InChI is InChI=1S/C18H16N6O/c1-2-24-14-9-5-4-8-13(14)16-17(24)20-18(23-21-16)22-19-11-12-7-3-6-10-15(12)25/h3-11,25H,2H2,1H3,(H,20,22,23). The SMILES string of the molecule is CCn1c2ccccc2c2nnc(NN=Cc3ccccc3O)nc21. The van der Waals surface area contributed by atoms with Gasteiger partial charge >= 0.3 is 0 Å². The molecule has 0 spiro atoms. The van der Waals surface area contributed by atoms with E-state index in [1.807, 2.05) is 30.3 Å². The van der Waals surface area contributed by atoms with Crippen LogP contribution in [-0.2, 0) is 6.54 Å². The van der Waals surface area contributed by atoms with Crippen molar-refractivity contribution in [3.63, 3.8) is 0 Å². The molecule has 2 aromatic heterocycles. The molecular weight excluding hydrogens is 316 g/mol. The Kier molecular flexibility index (Phi) is 3.74. The molecule has 0 atom stereocenters. The van der Waals surface area contributed by atoms with Crippen LogP contribution in [0.2, 0.25) is 0 Å². The number of para-hydroxylation sites is 2. The van der Waals surface area contributed by atoms with Crippen LogP contribution in [-0.4, -0.2) is 31.1 Å². The molecule has 0 bridgehead atoms. The highest BCUT2D eigenvalue weighted by Gasteiger charge is 2.13. The van der Waals surface area contributed by atoms with Crippen molar-refractivity contribution in [3.8, 4) is 5.75 Å². The Labute approximate surface area is 143 Å². The molecule has 7 nitrogen and oxygen atoms in total. The molecular formula is C18H16N6O. The van der Waals surface area contributed by atoms with E-state index in [1.165, 1.54) is 6.21 Å². The van der Waals surface area contributed by atoms with Gasteiger partial charge in [0.1, 0.15) is 11.3 Å². The van der Waals surface area contributed by atoms with Crippen LogP contribution < -0.4 is 5.43 Å². The van der Waals surface area contributed by atoms with Gasteiger partial charge < -0.3 is 9.67 Å². The van der Waals surface area contributed by atoms with Crippen molar-refractivity contribution < 1.29 is 5.11 Å². The van der Waals surface area contributed by atoms with Crippen LogP contribution in [0.3, 0.4) is 0 Å². The van der Waals surface area contributed by atoms with Gasteiger partial charge in [0.15, 0.2) is 5.65 Å². The number of aromatic nitrogens is 4. The number of aromatic hydroxyl groups is 1. The monoisotopic (exact) mass is 332 g/mol. The zero-order valence-corrected chi connectivity index (χ0v) is 13.6. The Balaban J connectivity index is 1.69. The van der Waals surface area contributed by atoms with E-state index in [9.17, 15) is 5.11 Å². The zero-order chi connectivity index (χ0) is 17.2. The van der Waals surface area contributed by atoms with Crippen molar-refractivity contribution in [2.24, 2.45) is 5.10 Å². The van der Waals surface area contributed by atoms with Gasteiger partial charge in [-0.05, 0) is 25.1 Å². The average molecular weight is 332 g/mol. The fraction of sp³-hybridized carbons (Fsp3) is 0.111. The number of hydrazone groups is 1. The first-order valence-corrected chi connectivity index (χ1v) is 7.96. The van der Waals surface area contributed by atoms with E-state index in [1.54, 1.807) is 18.2 Å². The number of rotatable bonds is 4. The second-order valence-corrected chi connectivity index (χ2v) is 5.50. The number of fused-ring (bicyclic) bond motifs is 3. The largest absolute Gasteiger partial charge is 0.507 e. The van der Waals surface area contributed by atoms with Crippen LogP contribution in [0.25, 0.3) is 22.1 Å². The lowest BCUT2D eigenvalue weighted by molar-refractivity contribution is 0.474. The first-order chi connectivity index (χ1) is 12.3. The fourth-order valence-corrected chi connectivity index (χ4v) is 2.83. The second kappa shape index (κ2) is 6.20. The number of phenols is 1. The number of hydrogen-bond donors (Lipinski definition) is 2. The van der Waals surface area contributed by atoms with Crippen LogP contribution in [0, 0.1) is 0 Å². The van der Waals surface area contributed by atoms with E-state index < -0.39 is 0 Å². The molecule has 2 heterocycles. The van der Waals surface area contributed by atoms with E-state index in [4.69, 9.17) is 0 Å². The van der Waals surface area contributed by atoms with Gasteiger partial charge in [0, 0.05) is 17.5 Å². The van der Waals surface area contributed by atoms with E-state index in [0.29, 0.717) is 11.5 Å². The van der Waals surface area contributed by atoms with Gasteiger partial charge in [-0.25, -0.2) is 5.43 Å². The Morgan fingerprint density at radius 1 is 1.12 bits per heavy atom. The summed E-state index contributed by atoms with van der Waals surface area (Å²) < 4.78 is 2.09. The highest BCUT2D eigenvalue weighted by Crippen LogP contribution is 2.26. The summed E-state index contributed by atoms with van der Waals surface area (Å²) in [6, 6.07) is 15.0. The molecule has 2 aromatic carbocycles. The number of phenolic OH excluding ortho intramolecular Hbond substituents is 1. The maximum absolute atomic E-state index is 9.73. The second-order valence-electron chi connectivity index (χ2n) is 5.50. The number of anilines is 1. The summed E-state index contributed by atoms with van der Waals surface area (Å²) in [5, 5.41) is 23.2. The van der Waals surface area contributed by atoms with E-state index in [0.717, 1.165) is 28.6 Å². The Bertz CT molecular complexity index is 1090. The molecule has 2 N–H and O–H groups in total. The topological polar surface area (TPSA) is 88.2 Å². The maximum atomic E-state index is 9.73. The molecule has 0 unspecified atom stereocenters. The Hall–Kier alpha value is -3.48. The minimum atomic E-state index is 0.161. The molecule has 0 saturated carbocycles. The third kappa shape index (κ3) is 2.65. The predicted molar refractivity (Wildman–Crippen MR) is 97.8 cm³/mol. The third-order valence-electron chi connectivity index (χ3n) is 4.00. The molecule has 0 amide bonds. The summed E-state index contributed by atoms with van der Waals surface area (Å²) in [4.78, 5) is 4.54. The van der Waals surface area contributed by atoms with Gasteiger partial charge in [0.05, 0.1) is 11.7 Å². The average Bonchev–Trinajstić information content (AvgIpc) is 2.96. The van der Waals surface area contributed by atoms with E-state index in [-0.39, 0.29) is 5.75 Å². The molecule has 4 aromatic rings. The highest BCUT2D eigenvalue weighted by molar-refractivity contribution is 6.04. The first kappa shape index (κ1) is 15.1. The van der Waals surface area contributed by atoms with E-state index >= 15 is 0 Å². The van der Waals surface area contributed by atoms with E-state index in [2.05, 4.69) is 37.2 Å². The van der Waals surface area contributed by atoms with Gasteiger partial charge in [0.25, 0.3) is 5.95 Å². The molecule has 0 saturated heterocycles. The normalized spacial score (nSPS) is 11.6. The maximum Gasteiger partial charge on any atom is 0.265 e. The molecule has 0 aliphatic carbocycles. The summed E-state index contributed by atoms with van der Waals surface area (Å²) in [5.41, 5.74) is 5.99. The van der Waals surface area contributed by atoms with Gasteiger partial charge in [-0.3, -0.25) is 0 Å². The van der Waals surface area contributed by atoms with Crippen LogP contribution in [0.15, 0.2) is 53.6 Å². The number of nitrogens with one attached hydrogen (secondary N) is 1. The van der Waals surface area contributed by atoms with Gasteiger partial charge in [-0.15, -0.1) is 10.2 Å². The minimum absolute atomic E-state index is 0.161. The molecule has 0 radical (unpaired) electrons. The Morgan fingerprint density at radius 3 is 2.76 bits per heavy atom. The van der Waals surface area contributed by atoms with Crippen molar-refractivity contribution in [2.45, 2.75) is 13.5 Å². The van der Waals surface area contributed by atoms with Crippen LogP contribution in [0.5, 0.6) is 5.75 Å². The van der Waals surface area contributed by atoms with Crippen molar-refractivity contribution in [1.82, 2.24) is 19.7 Å². The van der Waals surface area contributed by atoms with Crippen molar-refractivity contribution in [3.05, 3.63) is 54.1 Å². The van der Waals surface area contributed by atoms with Crippen LogP contribution in [0.1, 0.15) is 12.5 Å². The predicted octanol–water partition coefficient (Wildman–Crippen LogP) is 3.15. The van der Waals surface area contributed by atoms with Crippen LogP contribution in [0.4, 0.5) is 5.95 Å². The fourth-order valence-electron chi connectivity index (χ4n) is 2.83. The lowest BCUT2D eigenvalue weighted by atomic mass is 10.2. The summed E-state index contributed by atoms with van der Waals surface area (Å²) in [6.07, 6.45) is 1.51. The summed E-state index contributed by atoms with van der Waals surface area (Å²) in [6.45, 7) is 2.85. The molecule has 0 aliphatic heterocycles. The van der Waals surface area contributed by atoms with Crippen molar-refractivity contribution in [2.75, 3.05) is 5.43 Å². The lowest BCUT2D eigenvalue weighted by Gasteiger charge is -2.02. The number of nitrogens with zero attached hydrogens (tertiary/aromatic N) is 5. The molecule has 4 rings (SSSR count). The third-order valence-corrected chi connectivity index (χ3v) is 4.00. The van der Waals surface area contributed by atoms with Crippen molar-refractivity contribution >= 4 is 34.2 Å². The number of benzene rings is 2. The first-order valence-electron chi connectivity index (χ1n) is 7.96. The minimum Gasteiger partial charge on any atom is -0.507 e. The number of hydrogen-bond acceptors (Lipinski definition) is 6. The molecule has 0 fully saturated rings. The zero-order valence-electron chi connectivity index (χ0n) is 13.6. The summed E-state index contributed by atoms with van der Waals surface area (Å²) in [5.74, 6) is 0.463. The summed E-state index contributed by atoms with van der Waals surface area (Å²) >= 11 is 0. The number of aryl methyl sites for hydroxylation is 1. The van der Waals surface area contributed by atoms with Gasteiger partial charge in [-0.1, -0.05) is 30.3 Å². The quantitative estimate of drug-likeness (QED) is 0.443. The summed E-state index contributed by atoms with van der Waals surface area (Å²) in [7, 11) is 0. The van der Waals surface area contributed by atoms with Gasteiger partial charge in [-0.2, -0.15) is 10.1 Å². The lowest BCUT2D eigenvalue weighted by Crippen LogP contribution is -2.02.